The Bertz CT molecular complexity index is 476. The van der Waals surface area contributed by atoms with E-state index in [0.29, 0.717) is 11.1 Å². The number of hydrogen-bond donors (Lipinski definition) is 2. The molecule has 1 aromatic heterocycles. The van der Waals surface area contributed by atoms with Crippen LogP contribution in [-0.4, -0.2) is 28.7 Å². The maximum Gasteiger partial charge on any atom is 0.129 e. The molecule has 2 unspecified atom stereocenters. The van der Waals surface area contributed by atoms with Crippen LogP contribution in [0.2, 0.25) is 5.15 Å². The molecule has 2 aliphatic heterocycles. The smallest absolute Gasteiger partial charge is 0.129 e. The van der Waals surface area contributed by atoms with Crippen molar-refractivity contribution >= 4 is 23.4 Å². The van der Waals surface area contributed by atoms with E-state index in [-0.39, 0.29) is 11.6 Å². The highest BCUT2D eigenvalue weighted by atomic mass is 35.5. The number of nitrogens with two attached hydrogens (primary N) is 1. The normalized spacial score (nSPS) is 26.7. The Labute approximate surface area is 135 Å². The first-order chi connectivity index (χ1) is 10.2. The minimum atomic E-state index is 0.0695. The van der Waals surface area contributed by atoms with E-state index in [1.165, 1.54) is 11.5 Å². The third kappa shape index (κ3) is 3.54. The van der Waals surface area contributed by atoms with Crippen LogP contribution in [0.25, 0.3) is 0 Å². The van der Waals surface area contributed by atoms with Gasteiger partial charge in [0.05, 0.1) is 5.60 Å². The van der Waals surface area contributed by atoms with Gasteiger partial charge in [-0.05, 0) is 60.8 Å². The number of hydrazine groups is 1. The lowest BCUT2D eigenvalue weighted by Crippen LogP contribution is -2.46. The van der Waals surface area contributed by atoms with Gasteiger partial charge in [0.15, 0.2) is 0 Å². The molecule has 2 fully saturated rings. The molecule has 0 bridgehead atoms. The quantitative estimate of drug-likeness (QED) is 0.508. The van der Waals surface area contributed by atoms with Crippen molar-refractivity contribution in [3.63, 3.8) is 0 Å². The van der Waals surface area contributed by atoms with Crippen molar-refractivity contribution in [1.29, 1.82) is 0 Å². The number of nitrogens with one attached hydrogen (secondary N) is 1. The third-order valence-electron chi connectivity index (χ3n) is 4.70. The van der Waals surface area contributed by atoms with Gasteiger partial charge in [-0.3, -0.25) is 11.3 Å². The van der Waals surface area contributed by atoms with Crippen molar-refractivity contribution < 1.29 is 4.74 Å². The Morgan fingerprint density at radius 2 is 2.29 bits per heavy atom. The Hall–Kier alpha value is -0.330. The Kier molecular flexibility index (Phi) is 5.07. The van der Waals surface area contributed by atoms with Gasteiger partial charge in [0.1, 0.15) is 5.15 Å². The van der Waals surface area contributed by atoms with E-state index >= 15 is 0 Å². The second-order valence-corrected chi connectivity index (χ2v) is 7.56. The van der Waals surface area contributed by atoms with Gasteiger partial charge >= 0.3 is 0 Å². The van der Waals surface area contributed by atoms with Gasteiger partial charge in [-0.25, -0.2) is 4.98 Å². The molecule has 3 N–H and O–H groups in total. The zero-order chi connectivity index (χ0) is 14.7. The minimum absolute atomic E-state index is 0.0695. The molecule has 0 saturated carbocycles. The molecule has 3 rings (SSSR count). The molecule has 0 amide bonds. The van der Waals surface area contributed by atoms with Crippen molar-refractivity contribution in [3.8, 4) is 0 Å². The molecule has 2 atom stereocenters. The number of aromatic nitrogens is 1. The fraction of sp³-hybridized carbons (Fsp3) is 0.667. The van der Waals surface area contributed by atoms with Crippen molar-refractivity contribution in [2.75, 3.05) is 18.1 Å². The molecule has 21 heavy (non-hydrogen) atoms. The zero-order valence-electron chi connectivity index (χ0n) is 12.1. The Morgan fingerprint density at radius 1 is 1.48 bits per heavy atom. The summed E-state index contributed by atoms with van der Waals surface area (Å²) in [5.41, 5.74) is 4.18. The zero-order valence-corrected chi connectivity index (χ0v) is 13.6. The first-order valence-corrected chi connectivity index (χ1v) is 9.05. The minimum Gasteiger partial charge on any atom is -0.375 e. The van der Waals surface area contributed by atoms with Gasteiger partial charge < -0.3 is 4.74 Å². The van der Waals surface area contributed by atoms with E-state index in [2.05, 4.69) is 10.4 Å². The van der Waals surface area contributed by atoms with E-state index in [9.17, 15) is 0 Å². The van der Waals surface area contributed by atoms with Gasteiger partial charge in [0.2, 0.25) is 0 Å². The van der Waals surface area contributed by atoms with Gasteiger partial charge in [0.25, 0.3) is 0 Å². The summed E-state index contributed by atoms with van der Waals surface area (Å²) in [6.45, 7) is 0.826. The average Bonchev–Trinajstić information content (AvgIpc) is 2.49. The van der Waals surface area contributed by atoms with Crippen molar-refractivity contribution in [2.45, 2.75) is 37.3 Å². The van der Waals surface area contributed by atoms with Gasteiger partial charge in [0, 0.05) is 18.8 Å². The predicted molar refractivity (Wildman–Crippen MR) is 87.3 cm³/mol. The maximum atomic E-state index is 6.17. The average molecular weight is 328 g/mol. The monoisotopic (exact) mass is 327 g/mol. The van der Waals surface area contributed by atoms with Gasteiger partial charge in [-0.1, -0.05) is 11.6 Å². The van der Waals surface area contributed by atoms with E-state index in [1.807, 2.05) is 23.9 Å². The molecule has 3 heterocycles. The number of hydrogen-bond acceptors (Lipinski definition) is 5. The topological polar surface area (TPSA) is 60.2 Å². The summed E-state index contributed by atoms with van der Waals surface area (Å²) in [5, 5.41) is 0.517. The summed E-state index contributed by atoms with van der Waals surface area (Å²) in [6.07, 6.45) is 6.16. The van der Waals surface area contributed by atoms with Crippen LogP contribution in [0.15, 0.2) is 18.3 Å². The molecule has 0 aliphatic carbocycles. The summed E-state index contributed by atoms with van der Waals surface area (Å²) in [7, 11) is 0. The molecule has 0 radical (unpaired) electrons. The summed E-state index contributed by atoms with van der Waals surface area (Å²) in [4.78, 5) is 4.05. The number of thioether (sulfide) groups is 1. The molecular weight excluding hydrogens is 306 g/mol. The Balaban J connectivity index is 1.77. The maximum absolute atomic E-state index is 6.17. The lowest BCUT2D eigenvalue weighted by molar-refractivity contribution is -0.107. The molecule has 6 heteroatoms. The second-order valence-electron chi connectivity index (χ2n) is 5.95. The largest absolute Gasteiger partial charge is 0.375 e. The van der Waals surface area contributed by atoms with E-state index < -0.39 is 0 Å². The van der Waals surface area contributed by atoms with E-state index in [1.54, 1.807) is 6.20 Å². The van der Waals surface area contributed by atoms with Crippen molar-refractivity contribution in [3.05, 3.63) is 29.0 Å². The number of nitrogens with zero attached hydrogens (tertiary/aromatic N) is 1. The summed E-state index contributed by atoms with van der Waals surface area (Å²) in [6, 6.07) is 4.01. The number of halogens is 1. The first kappa shape index (κ1) is 15.6. The van der Waals surface area contributed by atoms with E-state index in [4.69, 9.17) is 22.2 Å². The molecule has 0 aromatic carbocycles. The molecule has 2 saturated heterocycles. The molecule has 1 aromatic rings. The first-order valence-electron chi connectivity index (χ1n) is 7.52. The summed E-state index contributed by atoms with van der Waals surface area (Å²) >= 11 is 8.05. The Morgan fingerprint density at radius 3 is 3.00 bits per heavy atom. The lowest BCUT2D eigenvalue weighted by atomic mass is 9.77. The number of rotatable bonds is 3. The SMILES string of the molecule is NNC(c1ccnc(Cl)c1)C1CCOC2(CCSCC2)C1. The second kappa shape index (κ2) is 6.84. The van der Waals surface area contributed by atoms with Crippen LogP contribution in [0.4, 0.5) is 0 Å². The van der Waals surface area contributed by atoms with Crippen LogP contribution in [0.1, 0.15) is 37.3 Å². The van der Waals surface area contributed by atoms with Crippen LogP contribution in [0, 0.1) is 5.92 Å². The fourth-order valence-corrected chi connectivity index (χ4v) is 4.98. The van der Waals surface area contributed by atoms with E-state index in [0.717, 1.165) is 37.9 Å². The number of ether oxygens (including phenoxy) is 1. The molecular formula is C15H22ClN3OS. The lowest BCUT2D eigenvalue weighted by Gasteiger charge is -2.45. The highest BCUT2D eigenvalue weighted by Gasteiger charge is 2.41. The van der Waals surface area contributed by atoms with Crippen LogP contribution < -0.4 is 11.3 Å². The standard InChI is InChI=1S/C15H22ClN3OS/c16-13-9-11(1-5-18-13)14(19-17)12-2-6-20-15(10-12)3-7-21-8-4-15/h1,5,9,12,14,19H,2-4,6-8,10,17H2. The van der Waals surface area contributed by atoms with Gasteiger partial charge in [-0.15, -0.1) is 0 Å². The fourth-order valence-electron chi connectivity index (χ4n) is 3.56. The predicted octanol–water partition coefficient (Wildman–Crippen LogP) is 2.93. The van der Waals surface area contributed by atoms with Crippen LogP contribution in [-0.2, 0) is 4.74 Å². The van der Waals surface area contributed by atoms with Crippen molar-refractivity contribution in [2.24, 2.45) is 11.8 Å². The van der Waals surface area contributed by atoms with Crippen LogP contribution in [0.3, 0.4) is 0 Å². The molecule has 1 spiro atoms. The third-order valence-corrected chi connectivity index (χ3v) is 5.89. The highest BCUT2D eigenvalue weighted by molar-refractivity contribution is 7.99. The molecule has 2 aliphatic rings. The highest BCUT2D eigenvalue weighted by Crippen LogP contribution is 2.43. The molecule has 116 valence electrons. The number of pyridine rings is 1. The van der Waals surface area contributed by atoms with Crippen LogP contribution >= 0.6 is 23.4 Å². The van der Waals surface area contributed by atoms with Crippen molar-refractivity contribution in [1.82, 2.24) is 10.4 Å². The van der Waals surface area contributed by atoms with Gasteiger partial charge in [-0.2, -0.15) is 11.8 Å². The summed E-state index contributed by atoms with van der Waals surface area (Å²) in [5.74, 6) is 8.73. The summed E-state index contributed by atoms with van der Waals surface area (Å²) < 4.78 is 6.17. The molecule has 4 nitrogen and oxygen atoms in total. The van der Waals surface area contributed by atoms with Crippen LogP contribution in [0.5, 0.6) is 0 Å².